The molecular weight excluding hydrogens is 406 g/mol. The molecule has 4 N–H and O–H groups in total. The molecule has 0 aromatic carbocycles. The highest BCUT2D eigenvalue weighted by atomic mass is 32.2. The zero-order valence-electron chi connectivity index (χ0n) is 14.0. The van der Waals surface area contributed by atoms with E-state index in [2.05, 4.69) is 25.0 Å². The van der Waals surface area contributed by atoms with E-state index in [0.717, 1.165) is 18.3 Å². The van der Waals surface area contributed by atoms with Crippen molar-refractivity contribution in [2.45, 2.75) is 19.0 Å². The second-order valence-corrected chi connectivity index (χ2v) is 7.31. The molecule has 0 radical (unpaired) electrons. The maximum Gasteiger partial charge on any atom is 0.362 e. The fourth-order valence-corrected chi connectivity index (χ4v) is 3.64. The Morgan fingerprint density at radius 1 is 1.52 bits per heavy atom. The number of esters is 1. The lowest BCUT2D eigenvalue weighted by Gasteiger charge is -2.43. The molecule has 1 aromatic rings. The van der Waals surface area contributed by atoms with Gasteiger partial charge >= 0.3 is 16.3 Å². The number of rotatable bonds is 7. The van der Waals surface area contributed by atoms with Crippen LogP contribution in [0.5, 0.6) is 0 Å². The fourth-order valence-electron chi connectivity index (χ4n) is 2.23. The van der Waals surface area contributed by atoms with E-state index in [1.54, 1.807) is 0 Å². The summed E-state index contributed by atoms with van der Waals surface area (Å²) < 4.78 is 36.5. The second-order valence-electron chi connectivity index (χ2n) is 5.13. The molecule has 2 unspecified atom stereocenters. The Morgan fingerprint density at radius 2 is 2.19 bits per heavy atom. The van der Waals surface area contributed by atoms with Gasteiger partial charge in [-0.1, -0.05) is 5.16 Å². The number of carbonyl (C=O) groups is 3. The summed E-state index contributed by atoms with van der Waals surface area (Å²) in [6, 6.07) is -2.72. The molecule has 0 spiro atoms. The summed E-state index contributed by atoms with van der Waals surface area (Å²) in [4.78, 5) is 43.9. The van der Waals surface area contributed by atoms with Crippen molar-refractivity contribution in [2.75, 3.05) is 19.5 Å². The van der Waals surface area contributed by atoms with Gasteiger partial charge in [0.1, 0.15) is 31.5 Å². The van der Waals surface area contributed by atoms with Gasteiger partial charge in [-0.15, -0.1) is 11.3 Å². The van der Waals surface area contributed by atoms with Gasteiger partial charge in [0.2, 0.25) is 0 Å². The van der Waals surface area contributed by atoms with Crippen LogP contribution in [-0.4, -0.2) is 71.6 Å². The summed E-state index contributed by atoms with van der Waals surface area (Å²) in [5.41, 5.74) is 5.27. The third-order valence-corrected chi connectivity index (χ3v) is 4.95. The number of thiazole rings is 1. The number of anilines is 1. The predicted molar refractivity (Wildman–Crippen MR) is 90.8 cm³/mol. The molecule has 27 heavy (non-hydrogen) atoms. The molecule has 2 amide bonds. The monoisotopic (exact) mass is 421 g/mol. The highest BCUT2D eigenvalue weighted by molar-refractivity contribution is 7.84. The number of hydrogen-bond acceptors (Lipinski definition) is 11. The van der Waals surface area contributed by atoms with Crippen molar-refractivity contribution >= 4 is 50.3 Å². The lowest BCUT2D eigenvalue weighted by molar-refractivity contribution is -0.154. The summed E-state index contributed by atoms with van der Waals surface area (Å²) >= 11 is 1.04. The first-order chi connectivity index (χ1) is 12.6. The maximum atomic E-state index is 12.4. The Bertz CT molecular complexity index is 895. The molecule has 1 aliphatic heterocycles. The van der Waals surface area contributed by atoms with Crippen molar-refractivity contribution in [3.05, 3.63) is 11.1 Å². The number of aromatic nitrogens is 1. The van der Waals surface area contributed by atoms with Crippen molar-refractivity contribution in [1.82, 2.24) is 14.6 Å². The van der Waals surface area contributed by atoms with Crippen LogP contribution in [0, 0.1) is 0 Å². The minimum atomic E-state index is -4.90. The maximum absolute atomic E-state index is 12.4. The lowest BCUT2D eigenvalue weighted by atomic mass is 9.99. The number of hydrogen-bond donors (Lipinski definition) is 3. The molecule has 0 aliphatic carbocycles. The van der Waals surface area contributed by atoms with Crippen LogP contribution in [0.1, 0.15) is 12.6 Å². The van der Waals surface area contributed by atoms with Crippen LogP contribution >= 0.6 is 11.3 Å². The third kappa shape index (κ3) is 4.50. The average Bonchev–Trinajstić information content (AvgIpc) is 2.98. The van der Waals surface area contributed by atoms with Crippen molar-refractivity contribution in [3.8, 4) is 0 Å². The highest BCUT2D eigenvalue weighted by Gasteiger charge is 2.54. The van der Waals surface area contributed by atoms with Crippen LogP contribution in [0.4, 0.5) is 5.13 Å². The summed E-state index contributed by atoms with van der Waals surface area (Å²) in [5, 5.41) is 7.36. The largest absolute Gasteiger partial charge is 0.464 e. The van der Waals surface area contributed by atoms with E-state index in [0.29, 0.717) is 0 Å². The van der Waals surface area contributed by atoms with E-state index in [1.807, 2.05) is 0 Å². The van der Waals surface area contributed by atoms with Gasteiger partial charge < -0.3 is 20.6 Å². The summed E-state index contributed by atoms with van der Waals surface area (Å²) in [6.07, 6.45) is 0. The smallest absolute Gasteiger partial charge is 0.362 e. The summed E-state index contributed by atoms with van der Waals surface area (Å²) in [6.45, 7) is 0.508. The molecule has 2 atom stereocenters. The number of nitrogens with zero attached hydrogens (tertiary/aromatic N) is 3. The average molecular weight is 421 g/mol. The number of oxime groups is 1. The van der Waals surface area contributed by atoms with Crippen molar-refractivity contribution in [1.29, 1.82) is 0 Å². The van der Waals surface area contributed by atoms with E-state index in [1.165, 1.54) is 12.5 Å². The Labute approximate surface area is 157 Å². The van der Waals surface area contributed by atoms with E-state index < -0.39 is 46.8 Å². The van der Waals surface area contributed by atoms with Crippen molar-refractivity contribution in [2.24, 2.45) is 5.16 Å². The number of carbonyl (C=O) groups excluding carboxylic acids is 3. The first-order valence-electron chi connectivity index (χ1n) is 7.13. The minimum Gasteiger partial charge on any atom is -0.464 e. The zero-order valence-corrected chi connectivity index (χ0v) is 15.6. The minimum absolute atomic E-state index is 0.0757. The molecule has 1 fully saturated rings. The van der Waals surface area contributed by atoms with Crippen molar-refractivity contribution in [3.63, 3.8) is 0 Å². The first kappa shape index (κ1) is 20.5. The number of nitrogens with one attached hydrogen (secondary N) is 1. The van der Waals surface area contributed by atoms with E-state index in [-0.39, 0.29) is 20.8 Å². The third-order valence-electron chi connectivity index (χ3n) is 3.32. The molecule has 15 heteroatoms. The summed E-state index contributed by atoms with van der Waals surface area (Å²) in [5.74, 6) is -2.77. The number of nitrogen functional groups attached to an aromatic ring is 1. The van der Waals surface area contributed by atoms with Crippen LogP contribution in [-0.2, 0) is 34.3 Å². The van der Waals surface area contributed by atoms with Gasteiger partial charge in [0.05, 0.1) is 0 Å². The van der Waals surface area contributed by atoms with Crippen LogP contribution in [0.25, 0.3) is 0 Å². The van der Waals surface area contributed by atoms with Gasteiger partial charge in [-0.25, -0.2) is 9.29 Å². The highest BCUT2D eigenvalue weighted by Crippen LogP contribution is 2.24. The number of ether oxygens (including phenoxy) is 1. The topological polar surface area (TPSA) is 191 Å². The fraction of sp³-hybridized carbons (Fsp3) is 0.417. The number of nitrogens with two attached hydrogens (primary N) is 1. The molecule has 148 valence electrons. The lowest BCUT2D eigenvalue weighted by Crippen LogP contribution is -2.73. The van der Waals surface area contributed by atoms with Crippen LogP contribution < -0.4 is 11.1 Å². The van der Waals surface area contributed by atoms with Crippen molar-refractivity contribution < 1.29 is 36.9 Å². The van der Waals surface area contributed by atoms with Gasteiger partial charge in [0.15, 0.2) is 10.8 Å². The Morgan fingerprint density at radius 3 is 2.67 bits per heavy atom. The molecule has 1 aliphatic rings. The van der Waals surface area contributed by atoms with Crippen LogP contribution in [0.15, 0.2) is 10.5 Å². The SMILES string of the molecule is CO/N=C(/C(=O)NC1C(=O)N(S(=O)(=O)O)C1COC(C)=O)c1csc(N)n1. The second kappa shape index (κ2) is 7.85. The van der Waals surface area contributed by atoms with E-state index in [9.17, 15) is 22.8 Å². The molecule has 1 saturated heterocycles. The zero-order chi connectivity index (χ0) is 20.4. The Kier molecular flexibility index (Phi) is 5.97. The van der Waals surface area contributed by atoms with Gasteiger partial charge in [0.25, 0.3) is 11.8 Å². The van der Waals surface area contributed by atoms with Gasteiger partial charge in [0, 0.05) is 12.3 Å². The van der Waals surface area contributed by atoms with Gasteiger partial charge in [-0.3, -0.25) is 18.9 Å². The molecule has 2 heterocycles. The predicted octanol–water partition coefficient (Wildman–Crippen LogP) is -1.86. The Balaban J connectivity index is 2.22. The number of β-lactam (4-membered cyclic amide) rings is 1. The molecule has 0 bridgehead atoms. The molecule has 1 aromatic heterocycles. The quantitative estimate of drug-likeness (QED) is 0.148. The van der Waals surface area contributed by atoms with E-state index >= 15 is 0 Å². The standard InChI is InChI=1S/C12H15N5O8S2/c1-5(18)25-3-7-9(11(20)17(7)27(21,22)23)15-10(19)8(16-24-2)6-4-26-12(13)14-6/h4,7,9H,3H2,1-2H3,(H2,13,14)(H,15,19)(H,21,22,23)/b16-8+. The van der Waals surface area contributed by atoms with Crippen LogP contribution in [0.3, 0.4) is 0 Å². The Hall–Kier alpha value is -2.78. The van der Waals surface area contributed by atoms with E-state index in [4.69, 9.17) is 10.3 Å². The van der Waals surface area contributed by atoms with Crippen LogP contribution in [0.2, 0.25) is 0 Å². The molecular formula is C12H15N5O8S2. The first-order valence-corrected chi connectivity index (χ1v) is 9.41. The number of amides is 2. The molecule has 13 nitrogen and oxygen atoms in total. The normalized spacial score (nSPS) is 20.0. The molecule has 0 saturated carbocycles. The van der Waals surface area contributed by atoms with Gasteiger partial charge in [-0.05, 0) is 0 Å². The van der Waals surface area contributed by atoms with Gasteiger partial charge in [-0.2, -0.15) is 8.42 Å². The summed E-state index contributed by atoms with van der Waals surface area (Å²) in [7, 11) is -3.72. The molecule has 2 rings (SSSR count).